The maximum absolute atomic E-state index is 5.58. The second-order valence-electron chi connectivity index (χ2n) is 3.51. The Balaban J connectivity index is 2.09. The Hall–Kier alpha value is -1.83. The lowest BCUT2D eigenvalue weighted by atomic mass is 10.5. The van der Waals surface area contributed by atoms with E-state index in [1.807, 2.05) is 18.5 Å². The van der Waals surface area contributed by atoms with E-state index in [2.05, 4.69) is 20.2 Å². The lowest BCUT2D eigenvalue weighted by Crippen LogP contribution is -2.01. The molecule has 4 N–H and O–H groups in total. The molecule has 0 bridgehead atoms. The van der Waals surface area contributed by atoms with E-state index in [0.29, 0.717) is 22.5 Å². The molecule has 0 aliphatic rings. The van der Waals surface area contributed by atoms with Gasteiger partial charge in [-0.05, 0) is 6.92 Å². The van der Waals surface area contributed by atoms with E-state index in [9.17, 15) is 0 Å². The average molecular weight is 251 g/mol. The summed E-state index contributed by atoms with van der Waals surface area (Å²) in [7, 11) is 1.92. The van der Waals surface area contributed by atoms with Gasteiger partial charge in [0.1, 0.15) is 23.3 Å². The summed E-state index contributed by atoms with van der Waals surface area (Å²) in [5.74, 6) is 3.09. The van der Waals surface area contributed by atoms with E-state index < -0.39 is 0 Å². The maximum atomic E-state index is 5.58. The third-order valence-corrected chi connectivity index (χ3v) is 3.10. The SMILES string of the molecule is Cc1nnc(CSc2nc(N)cc(N)n2)n1C. The van der Waals surface area contributed by atoms with Crippen LogP contribution in [0.5, 0.6) is 0 Å². The summed E-state index contributed by atoms with van der Waals surface area (Å²) in [6.45, 7) is 1.90. The van der Waals surface area contributed by atoms with Gasteiger partial charge >= 0.3 is 0 Å². The molecule has 8 heteroatoms. The van der Waals surface area contributed by atoms with Crippen LogP contribution in [0.2, 0.25) is 0 Å². The number of nitrogens with zero attached hydrogens (tertiary/aromatic N) is 5. The highest BCUT2D eigenvalue weighted by Crippen LogP contribution is 2.20. The third kappa shape index (κ3) is 2.64. The Labute approximate surface area is 103 Å². The van der Waals surface area contributed by atoms with Crippen molar-refractivity contribution in [1.29, 1.82) is 0 Å². The van der Waals surface area contributed by atoms with Crippen LogP contribution in [0.1, 0.15) is 11.6 Å². The van der Waals surface area contributed by atoms with Gasteiger partial charge in [-0.3, -0.25) is 0 Å². The number of thioether (sulfide) groups is 1. The first kappa shape index (κ1) is 11.6. The highest BCUT2D eigenvalue weighted by atomic mass is 32.2. The molecule has 0 radical (unpaired) electrons. The monoisotopic (exact) mass is 251 g/mol. The van der Waals surface area contributed by atoms with Crippen molar-refractivity contribution in [2.45, 2.75) is 17.8 Å². The van der Waals surface area contributed by atoms with Gasteiger partial charge in [-0.1, -0.05) is 11.8 Å². The van der Waals surface area contributed by atoms with Crippen molar-refractivity contribution in [2.75, 3.05) is 11.5 Å². The molecule has 90 valence electrons. The van der Waals surface area contributed by atoms with Crippen LogP contribution in [0, 0.1) is 6.92 Å². The Kier molecular flexibility index (Phi) is 3.14. The number of nitrogens with two attached hydrogens (primary N) is 2. The summed E-state index contributed by atoms with van der Waals surface area (Å²) in [5.41, 5.74) is 11.2. The molecule has 0 saturated heterocycles. The fourth-order valence-corrected chi connectivity index (χ4v) is 2.08. The molecule has 0 fully saturated rings. The van der Waals surface area contributed by atoms with Crippen LogP contribution in [0.4, 0.5) is 11.6 Å². The zero-order valence-corrected chi connectivity index (χ0v) is 10.4. The molecular formula is C9H13N7S. The normalized spacial score (nSPS) is 10.7. The van der Waals surface area contributed by atoms with Gasteiger partial charge in [-0.15, -0.1) is 10.2 Å². The zero-order chi connectivity index (χ0) is 12.4. The van der Waals surface area contributed by atoms with Crippen molar-refractivity contribution in [3.05, 3.63) is 17.7 Å². The highest BCUT2D eigenvalue weighted by Gasteiger charge is 2.07. The molecule has 0 spiro atoms. The molecule has 0 amide bonds. The van der Waals surface area contributed by atoms with Crippen molar-refractivity contribution in [3.8, 4) is 0 Å². The van der Waals surface area contributed by atoms with Gasteiger partial charge in [0.2, 0.25) is 0 Å². The molecule has 0 saturated carbocycles. The van der Waals surface area contributed by atoms with Crippen LogP contribution in [0.15, 0.2) is 11.2 Å². The van der Waals surface area contributed by atoms with Crippen molar-refractivity contribution >= 4 is 23.4 Å². The van der Waals surface area contributed by atoms with Crippen molar-refractivity contribution in [3.63, 3.8) is 0 Å². The molecule has 0 aromatic carbocycles. The third-order valence-electron chi connectivity index (χ3n) is 2.26. The number of hydrogen-bond donors (Lipinski definition) is 2. The first-order valence-electron chi connectivity index (χ1n) is 4.94. The van der Waals surface area contributed by atoms with E-state index in [1.54, 1.807) is 0 Å². The van der Waals surface area contributed by atoms with Crippen molar-refractivity contribution in [1.82, 2.24) is 24.7 Å². The van der Waals surface area contributed by atoms with Crippen molar-refractivity contribution < 1.29 is 0 Å². The molecule has 17 heavy (non-hydrogen) atoms. The Morgan fingerprint density at radius 3 is 2.41 bits per heavy atom. The lowest BCUT2D eigenvalue weighted by molar-refractivity contribution is 0.815. The summed E-state index contributed by atoms with van der Waals surface area (Å²) < 4.78 is 1.92. The minimum absolute atomic E-state index is 0.370. The fraction of sp³-hybridized carbons (Fsp3) is 0.333. The summed E-state index contributed by atoms with van der Waals surface area (Å²) in [5, 5.41) is 8.57. The smallest absolute Gasteiger partial charge is 0.191 e. The van der Waals surface area contributed by atoms with Crippen LogP contribution >= 0.6 is 11.8 Å². The highest BCUT2D eigenvalue weighted by molar-refractivity contribution is 7.98. The topological polar surface area (TPSA) is 109 Å². The first-order chi connectivity index (χ1) is 8.06. The lowest BCUT2D eigenvalue weighted by Gasteiger charge is -2.02. The molecule has 2 aromatic rings. The number of anilines is 2. The summed E-state index contributed by atoms with van der Waals surface area (Å²) >= 11 is 1.42. The van der Waals surface area contributed by atoms with Gasteiger partial charge in [0, 0.05) is 13.1 Å². The van der Waals surface area contributed by atoms with E-state index in [4.69, 9.17) is 11.5 Å². The van der Waals surface area contributed by atoms with Crippen LogP contribution < -0.4 is 11.5 Å². The van der Waals surface area contributed by atoms with Crippen molar-refractivity contribution in [2.24, 2.45) is 7.05 Å². The van der Waals surface area contributed by atoms with Crippen LogP contribution in [-0.4, -0.2) is 24.7 Å². The second-order valence-corrected chi connectivity index (χ2v) is 4.45. The Bertz CT molecular complexity index is 516. The van der Waals surface area contributed by atoms with Crippen LogP contribution in [0.25, 0.3) is 0 Å². The van der Waals surface area contributed by atoms with Gasteiger partial charge in [-0.2, -0.15) is 0 Å². The molecule has 2 heterocycles. The Morgan fingerprint density at radius 2 is 1.88 bits per heavy atom. The molecule has 2 rings (SSSR count). The predicted molar refractivity (Wildman–Crippen MR) is 66.2 cm³/mol. The van der Waals surface area contributed by atoms with Gasteiger partial charge in [-0.25, -0.2) is 9.97 Å². The molecule has 0 atom stereocenters. The number of rotatable bonds is 3. The fourth-order valence-electron chi connectivity index (χ4n) is 1.23. The van der Waals surface area contributed by atoms with Crippen LogP contribution in [0.3, 0.4) is 0 Å². The maximum Gasteiger partial charge on any atom is 0.191 e. The van der Waals surface area contributed by atoms with Gasteiger partial charge in [0.05, 0.1) is 5.75 Å². The van der Waals surface area contributed by atoms with Gasteiger partial charge < -0.3 is 16.0 Å². The molecular weight excluding hydrogens is 238 g/mol. The van der Waals surface area contributed by atoms with E-state index in [-0.39, 0.29) is 0 Å². The minimum Gasteiger partial charge on any atom is -0.383 e. The summed E-state index contributed by atoms with van der Waals surface area (Å²) in [4.78, 5) is 8.16. The minimum atomic E-state index is 0.370. The first-order valence-corrected chi connectivity index (χ1v) is 5.92. The number of aryl methyl sites for hydroxylation is 1. The second kappa shape index (κ2) is 4.58. The molecule has 0 aliphatic heterocycles. The summed E-state index contributed by atoms with van der Waals surface area (Å²) in [6.07, 6.45) is 0. The largest absolute Gasteiger partial charge is 0.383 e. The number of aromatic nitrogens is 5. The van der Waals surface area contributed by atoms with E-state index >= 15 is 0 Å². The molecule has 0 aliphatic carbocycles. The van der Waals surface area contributed by atoms with Gasteiger partial charge in [0.25, 0.3) is 0 Å². The Morgan fingerprint density at radius 1 is 1.24 bits per heavy atom. The van der Waals surface area contributed by atoms with Gasteiger partial charge in [0.15, 0.2) is 5.16 Å². The zero-order valence-electron chi connectivity index (χ0n) is 9.58. The van der Waals surface area contributed by atoms with Crippen LogP contribution in [-0.2, 0) is 12.8 Å². The summed E-state index contributed by atoms with van der Waals surface area (Å²) in [6, 6.07) is 1.52. The number of nitrogen functional groups attached to an aromatic ring is 2. The van der Waals surface area contributed by atoms with E-state index in [1.165, 1.54) is 17.8 Å². The molecule has 0 unspecified atom stereocenters. The molecule has 7 nitrogen and oxygen atoms in total. The van der Waals surface area contributed by atoms with E-state index in [0.717, 1.165) is 11.6 Å². The molecule has 2 aromatic heterocycles. The number of hydrogen-bond acceptors (Lipinski definition) is 7. The predicted octanol–water partition coefficient (Wildman–Crippen LogP) is 0.370. The average Bonchev–Trinajstić information content (AvgIpc) is 2.56. The standard InChI is InChI=1S/C9H13N7S/c1-5-14-15-8(16(5)2)4-17-9-12-6(10)3-7(11)13-9/h3H,4H2,1-2H3,(H4,10,11,12,13). The quantitative estimate of drug-likeness (QED) is 0.599.